The topological polar surface area (TPSA) is 110 Å². The quantitative estimate of drug-likeness (QED) is 0.469. The molecule has 1 aromatic rings. The number of nitrogens with zero attached hydrogens (tertiary/aromatic N) is 1. The fraction of sp³-hybridized carbons (Fsp3) is 0.167. The Bertz CT molecular complexity index is 594. The van der Waals surface area contributed by atoms with Crippen molar-refractivity contribution in [2.75, 3.05) is 14.2 Å². The average Bonchev–Trinajstić information content (AvgIpc) is 2.68. The molecule has 0 unspecified atom stereocenters. The SMILES string of the molecule is COC(=O)c1cc2c(cc1C(=O)OC)C(=O)N(O)C2=O. The van der Waals surface area contributed by atoms with Crippen LogP contribution in [0.1, 0.15) is 41.4 Å². The number of rotatable bonds is 2. The Hall–Kier alpha value is -2.74. The van der Waals surface area contributed by atoms with Gasteiger partial charge in [-0.15, -0.1) is 5.06 Å². The molecular formula is C12H9NO7. The van der Waals surface area contributed by atoms with Crippen LogP contribution in [0.2, 0.25) is 0 Å². The van der Waals surface area contributed by atoms with Crippen molar-refractivity contribution < 1.29 is 33.9 Å². The Morgan fingerprint density at radius 3 is 1.60 bits per heavy atom. The fourth-order valence-electron chi connectivity index (χ4n) is 1.83. The third-order valence-electron chi connectivity index (χ3n) is 2.81. The third-order valence-corrected chi connectivity index (χ3v) is 2.81. The molecule has 8 nitrogen and oxygen atoms in total. The Kier molecular flexibility index (Phi) is 3.24. The number of methoxy groups -OCH3 is 2. The van der Waals surface area contributed by atoms with Gasteiger partial charge in [0.05, 0.1) is 36.5 Å². The van der Waals surface area contributed by atoms with Gasteiger partial charge < -0.3 is 9.47 Å². The highest BCUT2D eigenvalue weighted by Gasteiger charge is 2.37. The molecule has 0 saturated heterocycles. The van der Waals surface area contributed by atoms with Crippen molar-refractivity contribution in [2.45, 2.75) is 0 Å². The largest absolute Gasteiger partial charge is 0.465 e. The number of hydrogen-bond donors (Lipinski definition) is 1. The van der Waals surface area contributed by atoms with Gasteiger partial charge in [0.2, 0.25) is 0 Å². The summed E-state index contributed by atoms with van der Waals surface area (Å²) >= 11 is 0. The highest BCUT2D eigenvalue weighted by molar-refractivity contribution is 6.22. The van der Waals surface area contributed by atoms with Crippen LogP contribution in [0.25, 0.3) is 0 Å². The number of carbonyl (C=O) groups excluding carboxylic acids is 4. The number of hydrogen-bond acceptors (Lipinski definition) is 7. The first-order chi connectivity index (χ1) is 9.42. The van der Waals surface area contributed by atoms with Crippen LogP contribution in [-0.4, -0.2) is 48.2 Å². The molecule has 0 atom stereocenters. The molecule has 1 heterocycles. The van der Waals surface area contributed by atoms with Crippen LogP contribution >= 0.6 is 0 Å². The van der Waals surface area contributed by atoms with Gasteiger partial charge in [-0.2, -0.15) is 0 Å². The lowest BCUT2D eigenvalue weighted by atomic mass is 9.99. The van der Waals surface area contributed by atoms with Gasteiger partial charge in [-0.1, -0.05) is 0 Å². The molecule has 0 aromatic heterocycles. The Balaban J connectivity index is 2.71. The molecule has 1 N–H and O–H groups in total. The van der Waals surface area contributed by atoms with E-state index in [-0.39, 0.29) is 27.3 Å². The van der Waals surface area contributed by atoms with Crippen molar-refractivity contribution in [3.05, 3.63) is 34.4 Å². The third kappa shape index (κ3) is 1.82. The van der Waals surface area contributed by atoms with Gasteiger partial charge in [-0.05, 0) is 12.1 Å². The summed E-state index contributed by atoms with van der Waals surface area (Å²) in [6.45, 7) is 0. The minimum Gasteiger partial charge on any atom is -0.465 e. The number of fused-ring (bicyclic) bond motifs is 1. The van der Waals surface area contributed by atoms with E-state index in [1.807, 2.05) is 0 Å². The van der Waals surface area contributed by atoms with Crippen LogP contribution < -0.4 is 0 Å². The molecule has 2 rings (SSSR count). The van der Waals surface area contributed by atoms with Crippen molar-refractivity contribution >= 4 is 23.8 Å². The summed E-state index contributed by atoms with van der Waals surface area (Å²) in [6.07, 6.45) is 0. The minimum absolute atomic E-state index is 0.0905. The second-order valence-corrected chi connectivity index (χ2v) is 3.85. The van der Waals surface area contributed by atoms with Crippen LogP contribution in [0.3, 0.4) is 0 Å². The Morgan fingerprint density at radius 2 is 1.30 bits per heavy atom. The van der Waals surface area contributed by atoms with Crippen molar-refractivity contribution in [2.24, 2.45) is 0 Å². The smallest absolute Gasteiger partial charge is 0.338 e. The first-order valence-corrected chi connectivity index (χ1v) is 5.34. The molecule has 1 aliphatic rings. The van der Waals surface area contributed by atoms with E-state index in [2.05, 4.69) is 9.47 Å². The zero-order chi connectivity index (χ0) is 15.0. The van der Waals surface area contributed by atoms with E-state index in [1.165, 1.54) is 0 Å². The van der Waals surface area contributed by atoms with Gasteiger partial charge in [0, 0.05) is 0 Å². The maximum atomic E-state index is 11.6. The van der Waals surface area contributed by atoms with Crippen LogP contribution in [-0.2, 0) is 9.47 Å². The van der Waals surface area contributed by atoms with Crippen LogP contribution in [0, 0.1) is 0 Å². The number of carbonyl (C=O) groups is 4. The summed E-state index contributed by atoms with van der Waals surface area (Å²) in [6, 6.07) is 2.04. The number of imide groups is 1. The lowest BCUT2D eigenvalue weighted by Gasteiger charge is -2.07. The highest BCUT2D eigenvalue weighted by atomic mass is 16.5. The molecule has 0 spiro atoms. The first kappa shape index (κ1) is 13.7. The summed E-state index contributed by atoms with van der Waals surface area (Å²) in [5, 5.41) is 9.17. The lowest BCUT2D eigenvalue weighted by Crippen LogP contribution is -2.25. The summed E-state index contributed by atoms with van der Waals surface area (Å²) in [7, 11) is 2.20. The molecule has 2 amide bonds. The second kappa shape index (κ2) is 4.74. The van der Waals surface area contributed by atoms with E-state index in [4.69, 9.17) is 0 Å². The summed E-state index contributed by atoms with van der Waals surface area (Å²) in [4.78, 5) is 46.5. The molecule has 1 aliphatic heterocycles. The molecule has 0 saturated carbocycles. The second-order valence-electron chi connectivity index (χ2n) is 3.85. The van der Waals surface area contributed by atoms with Gasteiger partial charge >= 0.3 is 11.9 Å². The van der Waals surface area contributed by atoms with Crippen molar-refractivity contribution in [1.82, 2.24) is 5.06 Å². The molecule has 20 heavy (non-hydrogen) atoms. The standard InChI is InChI=1S/C12H9NO7/c1-19-11(16)7-3-5-6(4-8(7)12(17)20-2)10(15)13(18)9(5)14/h3-4,18H,1-2H3. The van der Waals surface area contributed by atoms with Gasteiger partial charge in [-0.3, -0.25) is 14.8 Å². The monoisotopic (exact) mass is 279 g/mol. The van der Waals surface area contributed by atoms with E-state index in [0.717, 1.165) is 26.4 Å². The molecule has 0 radical (unpaired) electrons. The molecule has 0 fully saturated rings. The van der Waals surface area contributed by atoms with Gasteiger partial charge in [0.15, 0.2) is 0 Å². The normalized spacial score (nSPS) is 13.2. The van der Waals surface area contributed by atoms with Gasteiger partial charge in [0.25, 0.3) is 11.8 Å². The van der Waals surface area contributed by atoms with Crippen molar-refractivity contribution in [1.29, 1.82) is 0 Å². The number of benzene rings is 1. The zero-order valence-corrected chi connectivity index (χ0v) is 10.5. The summed E-state index contributed by atoms with van der Waals surface area (Å²) < 4.78 is 9.00. The Labute approximate surface area is 112 Å². The predicted octanol–water partition coefficient (Wildman–Crippen LogP) is 0.245. The molecular weight excluding hydrogens is 270 g/mol. The number of hydroxylamine groups is 2. The lowest BCUT2D eigenvalue weighted by molar-refractivity contribution is -0.0327. The summed E-state index contributed by atoms with van der Waals surface area (Å²) in [5.74, 6) is -3.70. The van der Waals surface area contributed by atoms with Crippen molar-refractivity contribution in [3.8, 4) is 0 Å². The van der Waals surface area contributed by atoms with Crippen LogP contribution in [0.5, 0.6) is 0 Å². The average molecular weight is 279 g/mol. The molecule has 0 bridgehead atoms. The molecule has 1 aromatic carbocycles. The number of ether oxygens (including phenoxy) is 2. The number of amides is 2. The highest BCUT2D eigenvalue weighted by Crippen LogP contribution is 2.26. The fourth-order valence-corrected chi connectivity index (χ4v) is 1.83. The van der Waals surface area contributed by atoms with Crippen molar-refractivity contribution in [3.63, 3.8) is 0 Å². The first-order valence-electron chi connectivity index (χ1n) is 5.34. The maximum Gasteiger partial charge on any atom is 0.338 e. The molecule has 104 valence electrons. The minimum atomic E-state index is -0.980. The van der Waals surface area contributed by atoms with Gasteiger partial charge in [-0.25, -0.2) is 9.59 Å². The summed E-state index contributed by atoms with van der Waals surface area (Å²) in [5.41, 5.74) is -0.833. The molecule has 8 heteroatoms. The van der Waals surface area contributed by atoms with Gasteiger partial charge in [0.1, 0.15) is 0 Å². The van der Waals surface area contributed by atoms with Crippen LogP contribution in [0.15, 0.2) is 12.1 Å². The van der Waals surface area contributed by atoms with Crippen LogP contribution in [0.4, 0.5) is 0 Å². The maximum absolute atomic E-state index is 11.6. The Morgan fingerprint density at radius 1 is 0.950 bits per heavy atom. The number of esters is 2. The van der Waals surface area contributed by atoms with E-state index in [0.29, 0.717) is 0 Å². The van der Waals surface area contributed by atoms with E-state index in [1.54, 1.807) is 0 Å². The van der Waals surface area contributed by atoms with E-state index >= 15 is 0 Å². The predicted molar refractivity (Wildman–Crippen MR) is 61.4 cm³/mol. The molecule has 0 aliphatic carbocycles. The van der Waals surface area contributed by atoms with E-state index in [9.17, 15) is 24.4 Å². The zero-order valence-electron chi connectivity index (χ0n) is 10.5. The van der Waals surface area contributed by atoms with E-state index < -0.39 is 23.8 Å².